The molecular formula is C27H29FN4O4. The molecule has 1 saturated heterocycles. The lowest BCUT2D eigenvalue weighted by Gasteiger charge is -2.30. The van der Waals surface area contributed by atoms with E-state index < -0.39 is 0 Å². The van der Waals surface area contributed by atoms with Gasteiger partial charge in [-0.05, 0) is 43.3 Å². The van der Waals surface area contributed by atoms with E-state index in [1.807, 2.05) is 19.1 Å². The van der Waals surface area contributed by atoms with Crippen LogP contribution in [0.25, 0.3) is 22.0 Å². The molecule has 0 saturated carbocycles. The minimum Gasteiger partial charge on any atom is -0.423 e. The number of rotatable bonds is 6. The highest BCUT2D eigenvalue weighted by Gasteiger charge is 2.27. The Morgan fingerprint density at radius 3 is 2.81 bits per heavy atom. The molecule has 2 aliphatic rings. The highest BCUT2D eigenvalue weighted by atomic mass is 19.1. The Labute approximate surface area is 208 Å². The van der Waals surface area contributed by atoms with Gasteiger partial charge in [0.15, 0.2) is 5.58 Å². The lowest BCUT2D eigenvalue weighted by Crippen LogP contribution is -2.36. The predicted octanol–water partition coefficient (Wildman–Crippen LogP) is 4.39. The highest BCUT2D eigenvalue weighted by Crippen LogP contribution is 2.35. The second-order valence-electron chi connectivity index (χ2n) is 9.18. The van der Waals surface area contributed by atoms with Gasteiger partial charge in [-0.25, -0.2) is 4.39 Å². The van der Waals surface area contributed by atoms with Crippen molar-refractivity contribution >= 4 is 39.6 Å². The molecule has 9 heteroatoms. The number of fused-ring (bicyclic) bond motifs is 4. The van der Waals surface area contributed by atoms with Crippen molar-refractivity contribution in [3.8, 4) is 0 Å². The van der Waals surface area contributed by atoms with Gasteiger partial charge in [-0.15, -0.1) is 0 Å². The number of oxazole rings is 1. The van der Waals surface area contributed by atoms with Gasteiger partial charge in [0.1, 0.15) is 11.3 Å². The number of hydrogen-bond donors (Lipinski definition) is 0. The lowest BCUT2D eigenvalue weighted by atomic mass is 10.0. The van der Waals surface area contributed by atoms with E-state index in [0.29, 0.717) is 50.9 Å². The van der Waals surface area contributed by atoms with Gasteiger partial charge in [0, 0.05) is 61.5 Å². The Hall–Kier alpha value is -3.43. The first-order chi connectivity index (χ1) is 17.6. The minimum atomic E-state index is -0.347. The van der Waals surface area contributed by atoms with Gasteiger partial charge in [-0.1, -0.05) is 0 Å². The fourth-order valence-corrected chi connectivity index (χ4v) is 5.24. The van der Waals surface area contributed by atoms with Crippen molar-refractivity contribution in [2.45, 2.75) is 26.3 Å². The summed E-state index contributed by atoms with van der Waals surface area (Å²) in [5, 5.41) is 0.915. The topological polar surface area (TPSA) is 73.0 Å². The van der Waals surface area contributed by atoms with E-state index in [9.17, 15) is 9.18 Å². The van der Waals surface area contributed by atoms with Crippen LogP contribution >= 0.6 is 0 Å². The third-order valence-electron chi connectivity index (χ3n) is 7.03. The van der Waals surface area contributed by atoms with E-state index >= 15 is 0 Å². The zero-order valence-electron chi connectivity index (χ0n) is 20.3. The molecule has 2 aliphatic heterocycles. The number of ether oxygens (including phenoxy) is 2. The van der Waals surface area contributed by atoms with Crippen LogP contribution in [0, 0.1) is 5.82 Å². The van der Waals surface area contributed by atoms with Crippen molar-refractivity contribution in [1.29, 1.82) is 0 Å². The van der Waals surface area contributed by atoms with Crippen LogP contribution in [0.4, 0.5) is 16.1 Å². The summed E-state index contributed by atoms with van der Waals surface area (Å²) in [7, 11) is 0. The molecule has 0 bridgehead atoms. The van der Waals surface area contributed by atoms with Gasteiger partial charge in [0.25, 0.3) is 6.01 Å². The average molecular weight is 493 g/mol. The summed E-state index contributed by atoms with van der Waals surface area (Å²) in [6.45, 7) is 7.07. The number of aromatic nitrogens is 2. The molecule has 188 valence electrons. The first-order valence-corrected chi connectivity index (χ1v) is 12.5. The zero-order valence-corrected chi connectivity index (χ0v) is 20.3. The van der Waals surface area contributed by atoms with E-state index in [1.165, 1.54) is 12.1 Å². The number of carbonyl (C=O) groups is 1. The van der Waals surface area contributed by atoms with Crippen LogP contribution in [0.2, 0.25) is 0 Å². The van der Waals surface area contributed by atoms with Crippen LogP contribution < -0.4 is 9.80 Å². The van der Waals surface area contributed by atoms with Crippen molar-refractivity contribution in [3.05, 3.63) is 53.5 Å². The standard InChI is InChI=1S/C27H29FN4O4/c1-2-34-12-8-26(33)32-23-7-9-31(17-21(23)20-5-3-18(28)15-24(20)32)19-4-6-25-22(16-19)29-27(36-25)30-10-13-35-14-11-30/h3-6,15-16H,2,7-14,17H2,1H3. The molecule has 0 radical (unpaired) electrons. The average Bonchev–Trinajstić information content (AvgIpc) is 3.47. The maximum atomic E-state index is 14.2. The molecule has 0 unspecified atom stereocenters. The van der Waals surface area contributed by atoms with Crippen molar-refractivity contribution in [1.82, 2.24) is 9.55 Å². The van der Waals surface area contributed by atoms with Gasteiger partial charge < -0.3 is 23.7 Å². The first kappa shape index (κ1) is 23.0. The second kappa shape index (κ2) is 9.55. The number of halogens is 1. The molecule has 2 aromatic heterocycles. The summed E-state index contributed by atoms with van der Waals surface area (Å²) >= 11 is 0. The third-order valence-corrected chi connectivity index (χ3v) is 7.03. The summed E-state index contributed by atoms with van der Waals surface area (Å²) in [5.41, 5.74) is 5.27. The molecule has 8 nitrogen and oxygen atoms in total. The quantitative estimate of drug-likeness (QED) is 0.370. The normalized spacial score (nSPS) is 16.2. The van der Waals surface area contributed by atoms with E-state index in [1.54, 1.807) is 10.6 Å². The molecule has 1 fully saturated rings. The van der Waals surface area contributed by atoms with Gasteiger partial charge in [0.2, 0.25) is 5.91 Å². The van der Waals surface area contributed by atoms with Crippen molar-refractivity contribution < 1.29 is 23.1 Å². The lowest BCUT2D eigenvalue weighted by molar-refractivity contribution is 0.0819. The van der Waals surface area contributed by atoms with Crippen LogP contribution in [0.5, 0.6) is 0 Å². The molecule has 0 atom stereocenters. The highest BCUT2D eigenvalue weighted by molar-refractivity contribution is 5.96. The van der Waals surface area contributed by atoms with Crippen LogP contribution in [0.15, 0.2) is 40.8 Å². The third kappa shape index (κ3) is 4.12. The maximum Gasteiger partial charge on any atom is 0.298 e. The maximum absolute atomic E-state index is 14.2. The number of benzene rings is 2. The van der Waals surface area contributed by atoms with Crippen LogP contribution in [0.3, 0.4) is 0 Å². The summed E-state index contributed by atoms with van der Waals surface area (Å²) in [6.07, 6.45) is 0.945. The van der Waals surface area contributed by atoms with Gasteiger partial charge >= 0.3 is 0 Å². The van der Waals surface area contributed by atoms with Crippen LogP contribution in [-0.2, 0) is 22.4 Å². The molecule has 4 heterocycles. The number of morpholine rings is 1. The Morgan fingerprint density at radius 2 is 1.97 bits per heavy atom. The van der Waals surface area contributed by atoms with E-state index in [2.05, 4.69) is 15.9 Å². The molecular weight excluding hydrogens is 463 g/mol. The smallest absolute Gasteiger partial charge is 0.298 e. The summed E-state index contributed by atoms with van der Waals surface area (Å²) < 4.78 is 32.7. The molecule has 0 amide bonds. The second-order valence-corrected chi connectivity index (χ2v) is 9.18. The summed E-state index contributed by atoms with van der Waals surface area (Å²) in [6, 6.07) is 11.4. The molecule has 36 heavy (non-hydrogen) atoms. The number of carbonyl (C=O) groups excluding carboxylic acids is 1. The first-order valence-electron chi connectivity index (χ1n) is 12.5. The fourth-order valence-electron chi connectivity index (χ4n) is 5.24. The Balaban J connectivity index is 1.31. The van der Waals surface area contributed by atoms with Gasteiger partial charge in [-0.3, -0.25) is 9.36 Å². The van der Waals surface area contributed by atoms with Crippen LogP contribution in [0.1, 0.15) is 29.4 Å². The Kier molecular flexibility index (Phi) is 6.10. The molecule has 0 aliphatic carbocycles. The SMILES string of the molecule is CCOCCC(=O)n1c2c(c3ccc(F)cc31)CN(c1ccc3oc(N4CCOCC4)nc3c1)CC2. The van der Waals surface area contributed by atoms with Gasteiger partial charge in [-0.2, -0.15) is 4.98 Å². The summed E-state index contributed by atoms with van der Waals surface area (Å²) in [5.74, 6) is -0.408. The minimum absolute atomic E-state index is 0.0617. The number of anilines is 2. The number of nitrogens with zero attached hydrogens (tertiary/aromatic N) is 4. The van der Waals surface area contributed by atoms with Crippen molar-refractivity contribution in [3.63, 3.8) is 0 Å². The molecule has 0 N–H and O–H groups in total. The van der Waals surface area contributed by atoms with E-state index in [0.717, 1.165) is 53.1 Å². The van der Waals surface area contributed by atoms with Crippen molar-refractivity contribution in [2.75, 3.05) is 55.9 Å². The monoisotopic (exact) mass is 492 g/mol. The zero-order chi connectivity index (χ0) is 24.6. The predicted molar refractivity (Wildman–Crippen MR) is 135 cm³/mol. The van der Waals surface area contributed by atoms with Crippen LogP contribution in [-0.4, -0.2) is 61.5 Å². The number of hydrogen-bond acceptors (Lipinski definition) is 7. The molecule has 0 spiro atoms. The molecule has 2 aromatic carbocycles. The Bertz CT molecular complexity index is 1420. The van der Waals surface area contributed by atoms with E-state index in [-0.39, 0.29) is 18.1 Å². The molecule has 6 rings (SSSR count). The molecule has 4 aromatic rings. The fraction of sp³-hybridized carbons (Fsp3) is 0.407. The van der Waals surface area contributed by atoms with Gasteiger partial charge in [0.05, 0.1) is 31.8 Å². The Morgan fingerprint density at radius 1 is 1.11 bits per heavy atom. The van der Waals surface area contributed by atoms with Crippen molar-refractivity contribution in [2.24, 2.45) is 0 Å². The summed E-state index contributed by atoms with van der Waals surface area (Å²) in [4.78, 5) is 22.2. The largest absolute Gasteiger partial charge is 0.423 e. The van der Waals surface area contributed by atoms with E-state index in [4.69, 9.17) is 18.9 Å².